The minimum absolute atomic E-state index is 0.395. The average molecular weight is 283 g/mol. The highest BCUT2D eigenvalue weighted by Gasteiger charge is 2.10. The number of rotatable bonds is 4. The van der Waals surface area contributed by atoms with Crippen molar-refractivity contribution in [1.82, 2.24) is 4.98 Å². The highest BCUT2D eigenvalue weighted by molar-refractivity contribution is 5.85. The first kappa shape index (κ1) is 14.8. The highest BCUT2D eigenvalue weighted by atomic mass is 16.5. The topological polar surface area (TPSA) is 59.4 Å². The van der Waals surface area contributed by atoms with Crippen molar-refractivity contribution < 1.29 is 14.6 Å². The van der Waals surface area contributed by atoms with E-state index < -0.39 is 5.97 Å². The molecule has 1 aromatic carbocycles. The Labute approximate surface area is 123 Å². The summed E-state index contributed by atoms with van der Waals surface area (Å²) in [5.41, 5.74) is 3.82. The van der Waals surface area contributed by atoms with E-state index in [0.29, 0.717) is 11.4 Å². The Bertz CT molecular complexity index is 705. The van der Waals surface area contributed by atoms with Gasteiger partial charge in [-0.1, -0.05) is 12.1 Å². The zero-order chi connectivity index (χ0) is 15.4. The minimum atomic E-state index is -1.01. The second-order valence-corrected chi connectivity index (χ2v) is 4.82. The van der Waals surface area contributed by atoms with Crippen LogP contribution in [0.1, 0.15) is 22.3 Å². The predicted octanol–water partition coefficient (Wildman–Crippen LogP) is 3.90. The van der Waals surface area contributed by atoms with Gasteiger partial charge in [0.2, 0.25) is 5.88 Å². The summed E-state index contributed by atoms with van der Waals surface area (Å²) >= 11 is 0. The third-order valence-corrected chi connectivity index (χ3v) is 3.28. The molecule has 1 N–H and O–H groups in total. The van der Waals surface area contributed by atoms with Gasteiger partial charge in [-0.05, 0) is 55.7 Å². The van der Waals surface area contributed by atoms with Crippen LogP contribution in [0.4, 0.5) is 0 Å². The fourth-order valence-electron chi connectivity index (χ4n) is 1.96. The highest BCUT2D eigenvalue weighted by Crippen LogP contribution is 2.31. The zero-order valence-electron chi connectivity index (χ0n) is 12.3. The van der Waals surface area contributed by atoms with Gasteiger partial charge in [-0.3, -0.25) is 0 Å². The van der Waals surface area contributed by atoms with Crippen LogP contribution in [0.2, 0.25) is 0 Å². The number of hydrogen-bond donors (Lipinski definition) is 1. The van der Waals surface area contributed by atoms with Gasteiger partial charge in [0.1, 0.15) is 5.75 Å². The maximum atomic E-state index is 10.6. The number of pyridine rings is 1. The van der Waals surface area contributed by atoms with Gasteiger partial charge in [0, 0.05) is 17.8 Å². The third-order valence-electron chi connectivity index (χ3n) is 3.28. The van der Waals surface area contributed by atoms with Crippen molar-refractivity contribution in [3.8, 4) is 11.6 Å². The van der Waals surface area contributed by atoms with Crippen LogP contribution in [0.25, 0.3) is 6.08 Å². The molecule has 0 atom stereocenters. The number of aliphatic carboxylic acids is 1. The number of carboxylic acids is 1. The van der Waals surface area contributed by atoms with Gasteiger partial charge >= 0.3 is 5.97 Å². The van der Waals surface area contributed by atoms with E-state index in [-0.39, 0.29) is 0 Å². The van der Waals surface area contributed by atoms with Crippen LogP contribution in [-0.4, -0.2) is 16.1 Å². The van der Waals surface area contributed by atoms with Gasteiger partial charge in [-0.2, -0.15) is 0 Å². The summed E-state index contributed by atoms with van der Waals surface area (Å²) in [5.74, 6) is 0.151. The molecule has 4 nitrogen and oxygen atoms in total. The molecule has 108 valence electrons. The Hall–Kier alpha value is -2.62. The van der Waals surface area contributed by atoms with Crippen molar-refractivity contribution in [2.75, 3.05) is 0 Å². The summed E-state index contributed by atoms with van der Waals surface area (Å²) in [6.45, 7) is 5.98. The van der Waals surface area contributed by atoms with E-state index in [1.807, 2.05) is 32.9 Å². The molecule has 2 rings (SSSR count). The second-order valence-electron chi connectivity index (χ2n) is 4.82. The first-order valence-electron chi connectivity index (χ1n) is 6.59. The standard InChI is InChI=1S/C17H17NO3/c1-11-6-7-12(2)16(13(11)3)21-17-14(5-4-10-18-17)8-9-15(19)20/h4-10H,1-3H3,(H,19,20)/b9-8+. The van der Waals surface area contributed by atoms with Gasteiger partial charge in [0.15, 0.2) is 0 Å². The van der Waals surface area contributed by atoms with Gasteiger partial charge in [-0.25, -0.2) is 9.78 Å². The molecule has 0 aliphatic carbocycles. The van der Waals surface area contributed by atoms with Crippen LogP contribution < -0.4 is 4.74 Å². The number of nitrogens with zero attached hydrogens (tertiary/aromatic N) is 1. The van der Waals surface area contributed by atoms with Gasteiger partial charge < -0.3 is 9.84 Å². The van der Waals surface area contributed by atoms with Crippen LogP contribution in [0.5, 0.6) is 11.6 Å². The van der Waals surface area contributed by atoms with Crippen LogP contribution >= 0.6 is 0 Å². The third kappa shape index (κ3) is 3.48. The lowest BCUT2D eigenvalue weighted by Crippen LogP contribution is -1.97. The molecule has 1 aromatic heterocycles. The summed E-state index contributed by atoms with van der Waals surface area (Å²) in [5, 5.41) is 8.73. The Morgan fingerprint density at radius 2 is 1.90 bits per heavy atom. The number of aromatic nitrogens is 1. The van der Waals surface area contributed by atoms with Crippen molar-refractivity contribution in [3.63, 3.8) is 0 Å². The SMILES string of the molecule is Cc1ccc(C)c(Oc2ncccc2/C=C/C(=O)O)c1C. The van der Waals surface area contributed by atoms with Crippen molar-refractivity contribution in [2.45, 2.75) is 20.8 Å². The molecule has 0 aliphatic heterocycles. The smallest absolute Gasteiger partial charge is 0.328 e. The van der Waals surface area contributed by atoms with E-state index in [0.717, 1.165) is 28.5 Å². The molecule has 0 aliphatic rings. The molecule has 0 radical (unpaired) electrons. The Balaban J connectivity index is 2.41. The van der Waals surface area contributed by atoms with Crippen LogP contribution in [-0.2, 0) is 4.79 Å². The summed E-state index contributed by atoms with van der Waals surface area (Å²) in [6.07, 6.45) is 4.17. The second kappa shape index (κ2) is 6.22. The summed E-state index contributed by atoms with van der Waals surface area (Å²) in [6, 6.07) is 7.54. The molecule has 0 unspecified atom stereocenters. The fourth-order valence-corrected chi connectivity index (χ4v) is 1.96. The van der Waals surface area contributed by atoms with E-state index in [1.54, 1.807) is 18.3 Å². The Morgan fingerprint density at radius 3 is 2.62 bits per heavy atom. The molecule has 2 aromatic rings. The summed E-state index contributed by atoms with van der Waals surface area (Å²) < 4.78 is 5.93. The lowest BCUT2D eigenvalue weighted by atomic mass is 10.1. The van der Waals surface area contributed by atoms with E-state index >= 15 is 0 Å². The minimum Gasteiger partial charge on any atom is -0.478 e. The molecule has 0 amide bonds. The molecule has 0 saturated carbocycles. The van der Waals surface area contributed by atoms with Crippen LogP contribution in [0, 0.1) is 20.8 Å². The van der Waals surface area contributed by atoms with Gasteiger partial charge in [0.25, 0.3) is 0 Å². The molecular formula is C17H17NO3. The lowest BCUT2D eigenvalue weighted by Gasteiger charge is -2.14. The molecule has 4 heteroatoms. The monoisotopic (exact) mass is 283 g/mol. The molecule has 0 spiro atoms. The fraction of sp³-hybridized carbons (Fsp3) is 0.176. The number of hydrogen-bond acceptors (Lipinski definition) is 3. The van der Waals surface area contributed by atoms with E-state index in [2.05, 4.69) is 4.98 Å². The van der Waals surface area contributed by atoms with E-state index in [4.69, 9.17) is 9.84 Å². The van der Waals surface area contributed by atoms with E-state index in [9.17, 15) is 4.79 Å². The Kier molecular flexibility index (Phi) is 4.38. The zero-order valence-corrected chi connectivity index (χ0v) is 12.3. The summed E-state index contributed by atoms with van der Waals surface area (Å²) in [4.78, 5) is 14.8. The molecule has 0 fully saturated rings. The van der Waals surface area contributed by atoms with Crippen molar-refractivity contribution in [2.24, 2.45) is 0 Å². The van der Waals surface area contributed by atoms with Gasteiger partial charge in [-0.15, -0.1) is 0 Å². The molecule has 0 bridgehead atoms. The number of carboxylic acid groups (broad SMARTS) is 1. The van der Waals surface area contributed by atoms with Crippen LogP contribution in [0.3, 0.4) is 0 Å². The summed E-state index contributed by atoms with van der Waals surface area (Å²) in [7, 11) is 0. The lowest BCUT2D eigenvalue weighted by molar-refractivity contribution is -0.131. The Morgan fingerprint density at radius 1 is 1.19 bits per heavy atom. The van der Waals surface area contributed by atoms with Crippen molar-refractivity contribution >= 4 is 12.0 Å². The van der Waals surface area contributed by atoms with Gasteiger partial charge in [0.05, 0.1) is 0 Å². The largest absolute Gasteiger partial charge is 0.478 e. The number of carbonyl (C=O) groups is 1. The predicted molar refractivity (Wildman–Crippen MR) is 81.6 cm³/mol. The average Bonchev–Trinajstić information content (AvgIpc) is 2.46. The maximum absolute atomic E-state index is 10.6. The van der Waals surface area contributed by atoms with E-state index in [1.165, 1.54) is 6.08 Å². The van der Waals surface area contributed by atoms with Crippen molar-refractivity contribution in [1.29, 1.82) is 0 Å². The first-order valence-corrected chi connectivity index (χ1v) is 6.59. The molecular weight excluding hydrogens is 266 g/mol. The van der Waals surface area contributed by atoms with Crippen molar-refractivity contribution in [3.05, 3.63) is 58.8 Å². The number of benzene rings is 1. The first-order chi connectivity index (χ1) is 9.99. The van der Waals surface area contributed by atoms with Crippen LogP contribution in [0.15, 0.2) is 36.5 Å². The molecule has 0 saturated heterocycles. The normalized spacial score (nSPS) is 10.8. The number of ether oxygens (including phenoxy) is 1. The maximum Gasteiger partial charge on any atom is 0.328 e. The quantitative estimate of drug-likeness (QED) is 0.865. The number of aryl methyl sites for hydroxylation is 2. The molecule has 21 heavy (non-hydrogen) atoms. The molecule has 1 heterocycles.